The standard InChI is InChI=1S/C11H16FNOS/c12-7-10-8-13(4-2-5-14-10)9-11-3-1-6-15-11/h1,3,6,10H,2,4-5,7-9H2/t10-/m1/s1. The lowest BCUT2D eigenvalue weighted by atomic mass is 10.3. The van der Waals surface area contributed by atoms with E-state index in [2.05, 4.69) is 22.4 Å². The Morgan fingerprint density at radius 3 is 3.27 bits per heavy atom. The minimum atomic E-state index is -0.374. The number of hydrogen-bond donors (Lipinski definition) is 0. The molecule has 0 aliphatic carbocycles. The Morgan fingerprint density at radius 2 is 2.53 bits per heavy atom. The lowest BCUT2D eigenvalue weighted by molar-refractivity contribution is 0.0361. The van der Waals surface area contributed by atoms with E-state index in [0.29, 0.717) is 13.2 Å². The van der Waals surface area contributed by atoms with Crippen molar-refractivity contribution in [2.45, 2.75) is 19.1 Å². The largest absolute Gasteiger partial charge is 0.374 e. The summed E-state index contributed by atoms with van der Waals surface area (Å²) in [6.07, 6.45) is 0.773. The average molecular weight is 229 g/mol. The quantitative estimate of drug-likeness (QED) is 0.788. The summed E-state index contributed by atoms with van der Waals surface area (Å²) in [6, 6.07) is 4.18. The van der Waals surface area contributed by atoms with Crippen molar-refractivity contribution >= 4 is 11.3 Å². The number of ether oxygens (including phenoxy) is 1. The summed E-state index contributed by atoms with van der Waals surface area (Å²) in [5.74, 6) is 0. The molecule has 4 heteroatoms. The van der Waals surface area contributed by atoms with Gasteiger partial charge in [0.1, 0.15) is 6.67 Å². The van der Waals surface area contributed by atoms with Crippen LogP contribution in [0.5, 0.6) is 0 Å². The second kappa shape index (κ2) is 5.58. The minimum Gasteiger partial charge on any atom is -0.374 e. The summed E-state index contributed by atoms with van der Waals surface area (Å²) >= 11 is 1.76. The lowest BCUT2D eigenvalue weighted by Gasteiger charge is -2.21. The first-order valence-electron chi connectivity index (χ1n) is 5.31. The molecule has 1 aliphatic rings. The van der Waals surface area contributed by atoms with Crippen molar-refractivity contribution in [3.8, 4) is 0 Å². The monoisotopic (exact) mass is 229 g/mol. The molecular formula is C11H16FNOS. The first-order valence-corrected chi connectivity index (χ1v) is 6.19. The van der Waals surface area contributed by atoms with E-state index in [0.717, 1.165) is 19.5 Å². The van der Waals surface area contributed by atoms with Crippen molar-refractivity contribution in [2.24, 2.45) is 0 Å². The van der Waals surface area contributed by atoms with Crippen molar-refractivity contribution in [3.63, 3.8) is 0 Å². The third kappa shape index (κ3) is 3.26. The zero-order valence-corrected chi connectivity index (χ0v) is 9.51. The van der Waals surface area contributed by atoms with Crippen LogP contribution in [-0.2, 0) is 11.3 Å². The number of nitrogens with zero attached hydrogens (tertiary/aromatic N) is 1. The molecule has 15 heavy (non-hydrogen) atoms. The molecule has 0 radical (unpaired) electrons. The summed E-state index contributed by atoms with van der Waals surface area (Å²) in [4.78, 5) is 3.62. The molecule has 1 aromatic rings. The second-order valence-corrected chi connectivity index (χ2v) is 4.85. The first-order chi connectivity index (χ1) is 7.38. The maximum Gasteiger partial charge on any atom is 0.117 e. The molecule has 2 nitrogen and oxygen atoms in total. The molecule has 1 atom stereocenters. The molecule has 0 amide bonds. The van der Waals surface area contributed by atoms with E-state index >= 15 is 0 Å². The maximum atomic E-state index is 12.6. The normalized spacial score (nSPS) is 23.9. The minimum absolute atomic E-state index is 0.229. The van der Waals surface area contributed by atoms with Crippen LogP contribution in [0.2, 0.25) is 0 Å². The summed E-state index contributed by atoms with van der Waals surface area (Å²) in [5.41, 5.74) is 0. The van der Waals surface area contributed by atoms with Gasteiger partial charge in [0.25, 0.3) is 0 Å². The van der Waals surface area contributed by atoms with Crippen molar-refractivity contribution < 1.29 is 9.13 Å². The Labute approximate surface area is 93.7 Å². The summed E-state index contributed by atoms with van der Waals surface area (Å²) < 4.78 is 18.0. The zero-order valence-electron chi connectivity index (χ0n) is 8.69. The second-order valence-electron chi connectivity index (χ2n) is 3.82. The first kappa shape index (κ1) is 11.0. The van der Waals surface area contributed by atoms with Crippen LogP contribution in [0.25, 0.3) is 0 Å². The predicted octanol–water partition coefficient (Wildman–Crippen LogP) is 2.31. The van der Waals surface area contributed by atoms with E-state index in [1.807, 2.05) is 0 Å². The Balaban J connectivity index is 1.90. The summed E-state index contributed by atoms with van der Waals surface area (Å²) in [5, 5.41) is 2.08. The molecular weight excluding hydrogens is 213 g/mol. The van der Waals surface area contributed by atoms with Crippen molar-refractivity contribution in [1.82, 2.24) is 4.90 Å². The van der Waals surface area contributed by atoms with Gasteiger partial charge in [0.15, 0.2) is 0 Å². The van der Waals surface area contributed by atoms with Gasteiger partial charge in [-0.25, -0.2) is 4.39 Å². The molecule has 0 spiro atoms. The van der Waals surface area contributed by atoms with Gasteiger partial charge in [-0.1, -0.05) is 6.07 Å². The van der Waals surface area contributed by atoms with E-state index in [1.54, 1.807) is 11.3 Å². The smallest absolute Gasteiger partial charge is 0.117 e. The van der Waals surface area contributed by atoms with Gasteiger partial charge in [0.05, 0.1) is 6.10 Å². The summed E-state index contributed by atoms with van der Waals surface area (Å²) in [7, 11) is 0. The fraction of sp³-hybridized carbons (Fsp3) is 0.636. The van der Waals surface area contributed by atoms with Crippen LogP contribution in [0.3, 0.4) is 0 Å². The molecule has 2 rings (SSSR count). The van der Waals surface area contributed by atoms with Crippen LogP contribution in [0.15, 0.2) is 17.5 Å². The van der Waals surface area contributed by atoms with Crippen LogP contribution < -0.4 is 0 Å². The lowest BCUT2D eigenvalue weighted by Crippen LogP contribution is -2.32. The van der Waals surface area contributed by atoms with Gasteiger partial charge < -0.3 is 4.74 Å². The molecule has 0 saturated carbocycles. The van der Waals surface area contributed by atoms with Crippen LogP contribution in [-0.4, -0.2) is 37.4 Å². The van der Waals surface area contributed by atoms with Gasteiger partial charge in [0, 0.05) is 31.1 Å². The number of rotatable bonds is 3. The van der Waals surface area contributed by atoms with Gasteiger partial charge >= 0.3 is 0 Å². The molecule has 1 aliphatic heterocycles. The fourth-order valence-corrected chi connectivity index (χ4v) is 2.58. The highest BCUT2D eigenvalue weighted by Crippen LogP contribution is 2.14. The van der Waals surface area contributed by atoms with Gasteiger partial charge in [-0.2, -0.15) is 0 Å². The van der Waals surface area contributed by atoms with E-state index in [9.17, 15) is 4.39 Å². The zero-order chi connectivity index (χ0) is 10.5. The molecule has 0 unspecified atom stereocenters. The number of thiophene rings is 1. The topological polar surface area (TPSA) is 12.5 Å². The van der Waals surface area contributed by atoms with Crippen LogP contribution in [0.1, 0.15) is 11.3 Å². The molecule has 1 saturated heterocycles. The highest BCUT2D eigenvalue weighted by Gasteiger charge is 2.18. The van der Waals surface area contributed by atoms with Crippen LogP contribution in [0, 0.1) is 0 Å². The van der Waals surface area contributed by atoms with Crippen molar-refractivity contribution in [3.05, 3.63) is 22.4 Å². The average Bonchev–Trinajstić information content (AvgIpc) is 2.64. The van der Waals surface area contributed by atoms with Gasteiger partial charge in [-0.05, 0) is 17.9 Å². The Kier molecular flexibility index (Phi) is 4.11. The van der Waals surface area contributed by atoms with E-state index in [-0.39, 0.29) is 12.8 Å². The van der Waals surface area contributed by atoms with Crippen molar-refractivity contribution in [1.29, 1.82) is 0 Å². The molecule has 1 aromatic heterocycles. The van der Waals surface area contributed by atoms with E-state index in [1.165, 1.54) is 4.88 Å². The SMILES string of the molecule is FC[C@@H]1CN(Cc2cccs2)CCCO1. The van der Waals surface area contributed by atoms with Crippen LogP contribution in [0.4, 0.5) is 4.39 Å². The van der Waals surface area contributed by atoms with Gasteiger partial charge in [0.2, 0.25) is 0 Å². The predicted molar refractivity (Wildman–Crippen MR) is 59.9 cm³/mol. The Morgan fingerprint density at radius 1 is 1.60 bits per heavy atom. The highest BCUT2D eigenvalue weighted by molar-refractivity contribution is 7.09. The molecule has 1 fully saturated rings. The third-order valence-electron chi connectivity index (χ3n) is 2.57. The number of hydrogen-bond acceptors (Lipinski definition) is 3. The van der Waals surface area contributed by atoms with E-state index in [4.69, 9.17) is 4.74 Å². The number of halogens is 1. The molecule has 0 N–H and O–H groups in total. The van der Waals surface area contributed by atoms with Crippen LogP contribution >= 0.6 is 11.3 Å². The molecule has 84 valence electrons. The van der Waals surface area contributed by atoms with Gasteiger partial charge in [-0.15, -0.1) is 11.3 Å². The Hall–Kier alpha value is -0.450. The number of alkyl halides is 1. The van der Waals surface area contributed by atoms with Gasteiger partial charge in [-0.3, -0.25) is 4.90 Å². The Bertz CT molecular complexity index is 278. The highest BCUT2D eigenvalue weighted by atomic mass is 32.1. The third-order valence-corrected chi connectivity index (χ3v) is 3.43. The fourth-order valence-electron chi connectivity index (χ4n) is 1.83. The van der Waals surface area contributed by atoms with Crippen molar-refractivity contribution in [2.75, 3.05) is 26.4 Å². The maximum absolute atomic E-state index is 12.6. The molecule has 0 bridgehead atoms. The summed E-state index contributed by atoms with van der Waals surface area (Å²) in [6.45, 7) is 2.97. The molecule has 2 heterocycles. The molecule has 0 aromatic carbocycles. The van der Waals surface area contributed by atoms with E-state index < -0.39 is 0 Å².